The third-order valence-electron chi connectivity index (χ3n) is 2.77. The number of rotatable bonds is 4. The van der Waals surface area contributed by atoms with Crippen LogP contribution in [0.4, 0.5) is 10.1 Å². The van der Waals surface area contributed by atoms with Gasteiger partial charge in [-0.1, -0.05) is 0 Å². The van der Waals surface area contributed by atoms with Crippen LogP contribution in [-0.2, 0) is 0 Å². The van der Waals surface area contributed by atoms with E-state index in [-0.39, 0.29) is 11.6 Å². The normalized spacial score (nSPS) is 12.2. The van der Waals surface area contributed by atoms with Gasteiger partial charge < -0.3 is 14.8 Å². The molecule has 100 valence electrons. The summed E-state index contributed by atoms with van der Waals surface area (Å²) in [6, 6.07) is 7.48. The van der Waals surface area contributed by atoms with Crippen LogP contribution in [0.1, 0.15) is 34.8 Å². The summed E-state index contributed by atoms with van der Waals surface area (Å²) >= 11 is 0. The summed E-state index contributed by atoms with van der Waals surface area (Å²) in [5.41, 5.74) is 0.163. The zero-order chi connectivity index (χ0) is 14.0. The number of furan rings is 1. The fraction of sp³-hybridized carbons (Fsp3) is 0.214. The average molecular weight is 263 g/mol. The van der Waals surface area contributed by atoms with Gasteiger partial charge in [0.25, 0.3) is 0 Å². The average Bonchev–Trinajstić information content (AvgIpc) is 2.75. The van der Waals surface area contributed by atoms with Crippen molar-refractivity contribution in [2.45, 2.75) is 19.9 Å². The maximum Gasteiger partial charge on any atom is 0.338 e. The van der Waals surface area contributed by atoms with Crippen molar-refractivity contribution in [2.24, 2.45) is 0 Å². The minimum absolute atomic E-state index is 0.135. The van der Waals surface area contributed by atoms with Crippen molar-refractivity contribution in [3.63, 3.8) is 0 Å². The number of aryl methyl sites for hydroxylation is 1. The number of nitrogens with one attached hydrogen (secondary N) is 1. The lowest BCUT2D eigenvalue weighted by Crippen LogP contribution is -2.07. The largest absolute Gasteiger partial charge is 0.478 e. The van der Waals surface area contributed by atoms with Gasteiger partial charge in [0, 0.05) is 5.69 Å². The SMILES string of the molecule is Cc1ccc(C(C)Nc2ccc(C(=O)O)c(F)c2)o1. The maximum atomic E-state index is 13.5. The molecule has 2 rings (SSSR count). The maximum absolute atomic E-state index is 13.5. The third kappa shape index (κ3) is 2.93. The molecule has 1 heterocycles. The lowest BCUT2D eigenvalue weighted by molar-refractivity contribution is 0.0692. The van der Waals surface area contributed by atoms with Crippen LogP contribution in [0.15, 0.2) is 34.7 Å². The molecule has 0 amide bonds. The lowest BCUT2D eigenvalue weighted by Gasteiger charge is -2.13. The topological polar surface area (TPSA) is 62.5 Å². The second-order valence-electron chi connectivity index (χ2n) is 4.31. The van der Waals surface area contributed by atoms with Gasteiger partial charge in [0.1, 0.15) is 17.3 Å². The van der Waals surface area contributed by atoms with E-state index in [1.807, 2.05) is 26.0 Å². The Labute approximate surface area is 109 Å². The highest BCUT2D eigenvalue weighted by Crippen LogP contribution is 2.22. The van der Waals surface area contributed by atoms with Gasteiger partial charge in [-0.2, -0.15) is 0 Å². The summed E-state index contributed by atoms with van der Waals surface area (Å²) < 4.78 is 19.0. The first kappa shape index (κ1) is 13.1. The Morgan fingerprint density at radius 3 is 2.63 bits per heavy atom. The van der Waals surface area contributed by atoms with E-state index in [1.54, 1.807) is 0 Å². The summed E-state index contributed by atoms with van der Waals surface area (Å²) in [6.07, 6.45) is 0. The molecule has 2 aromatic rings. The number of hydrogen-bond acceptors (Lipinski definition) is 3. The second-order valence-corrected chi connectivity index (χ2v) is 4.31. The van der Waals surface area contributed by atoms with Gasteiger partial charge in [0.05, 0.1) is 11.6 Å². The van der Waals surface area contributed by atoms with Crippen LogP contribution in [-0.4, -0.2) is 11.1 Å². The molecule has 0 bridgehead atoms. The fourth-order valence-electron chi connectivity index (χ4n) is 1.79. The summed E-state index contributed by atoms with van der Waals surface area (Å²) in [4.78, 5) is 10.7. The van der Waals surface area contributed by atoms with Crippen LogP contribution < -0.4 is 5.32 Å². The van der Waals surface area contributed by atoms with Crippen LogP contribution in [0.5, 0.6) is 0 Å². The smallest absolute Gasteiger partial charge is 0.338 e. The number of carboxylic acids is 1. The van der Waals surface area contributed by atoms with E-state index >= 15 is 0 Å². The molecule has 4 nitrogen and oxygen atoms in total. The van der Waals surface area contributed by atoms with E-state index in [4.69, 9.17) is 9.52 Å². The first-order valence-electron chi connectivity index (χ1n) is 5.83. The summed E-state index contributed by atoms with van der Waals surface area (Å²) in [6.45, 7) is 3.72. The van der Waals surface area contributed by atoms with Gasteiger partial charge in [0.15, 0.2) is 0 Å². The van der Waals surface area contributed by atoms with Crippen molar-refractivity contribution in [1.82, 2.24) is 0 Å². The molecule has 0 fully saturated rings. The van der Waals surface area contributed by atoms with E-state index in [9.17, 15) is 9.18 Å². The van der Waals surface area contributed by atoms with E-state index in [0.29, 0.717) is 5.69 Å². The summed E-state index contributed by atoms with van der Waals surface area (Å²) in [5.74, 6) is -0.504. The Kier molecular flexibility index (Phi) is 3.55. The molecule has 5 heteroatoms. The monoisotopic (exact) mass is 263 g/mol. The van der Waals surface area contributed by atoms with Crippen molar-refractivity contribution in [3.8, 4) is 0 Å². The quantitative estimate of drug-likeness (QED) is 0.884. The number of hydrogen-bond donors (Lipinski definition) is 2. The Morgan fingerprint density at radius 2 is 2.11 bits per heavy atom. The predicted molar refractivity (Wildman–Crippen MR) is 68.8 cm³/mol. The molecule has 2 N–H and O–H groups in total. The van der Waals surface area contributed by atoms with Crippen LogP contribution >= 0.6 is 0 Å². The second kappa shape index (κ2) is 5.14. The molecule has 0 aliphatic rings. The first-order chi connectivity index (χ1) is 8.97. The highest BCUT2D eigenvalue weighted by Gasteiger charge is 2.13. The van der Waals surface area contributed by atoms with Gasteiger partial charge in [0.2, 0.25) is 0 Å². The van der Waals surface area contributed by atoms with E-state index in [1.165, 1.54) is 12.1 Å². The molecule has 0 spiro atoms. The van der Waals surface area contributed by atoms with E-state index < -0.39 is 11.8 Å². The van der Waals surface area contributed by atoms with Crippen molar-refractivity contribution in [1.29, 1.82) is 0 Å². The van der Waals surface area contributed by atoms with Gasteiger partial charge in [-0.3, -0.25) is 0 Å². The van der Waals surface area contributed by atoms with Crippen molar-refractivity contribution >= 4 is 11.7 Å². The molecule has 0 radical (unpaired) electrons. The zero-order valence-corrected chi connectivity index (χ0v) is 10.6. The molecule has 1 aromatic carbocycles. The summed E-state index contributed by atoms with van der Waals surface area (Å²) in [7, 11) is 0. The molecule has 0 aliphatic carbocycles. The van der Waals surface area contributed by atoms with E-state index in [2.05, 4.69) is 5.32 Å². The molecular weight excluding hydrogens is 249 g/mol. The standard InChI is InChI=1S/C14H14FNO3/c1-8-3-6-13(19-8)9(2)16-10-4-5-11(14(17)18)12(15)7-10/h3-7,9,16H,1-2H3,(H,17,18). The van der Waals surface area contributed by atoms with Crippen LogP contribution in [0.3, 0.4) is 0 Å². The van der Waals surface area contributed by atoms with E-state index in [0.717, 1.165) is 17.6 Å². The Balaban J connectivity index is 2.15. The van der Waals surface area contributed by atoms with Gasteiger partial charge in [-0.15, -0.1) is 0 Å². The van der Waals surface area contributed by atoms with Crippen LogP contribution in [0.25, 0.3) is 0 Å². The number of anilines is 1. The van der Waals surface area contributed by atoms with Crippen LogP contribution in [0, 0.1) is 12.7 Å². The number of carboxylic acid groups (broad SMARTS) is 1. The third-order valence-corrected chi connectivity index (χ3v) is 2.77. The number of benzene rings is 1. The molecule has 19 heavy (non-hydrogen) atoms. The molecule has 0 saturated carbocycles. The predicted octanol–water partition coefficient (Wildman–Crippen LogP) is 3.60. The minimum Gasteiger partial charge on any atom is -0.478 e. The van der Waals surface area contributed by atoms with Gasteiger partial charge >= 0.3 is 5.97 Å². The minimum atomic E-state index is -1.28. The molecule has 0 saturated heterocycles. The highest BCUT2D eigenvalue weighted by atomic mass is 19.1. The number of carbonyl (C=O) groups is 1. The Bertz CT molecular complexity index is 606. The number of aromatic carboxylic acids is 1. The van der Waals surface area contributed by atoms with Crippen molar-refractivity contribution < 1.29 is 18.7 Å². The lowest BCUT2D eigenvalue weighted by atomic mass is 10.1. The zero-order valence-electron chi connectivity index (χ0n) is 10.6. The Hall–Kier alpha value is -2.30. The highest BCUT2D eigenvalue weighted by molar-refractivity contribution is 5.88. The molecule has 1 unspecified atom stereocenters. The van der Waals surface area contributed by atoms with Crippen molar-refractivity contribution in [3.05, 3.63) is 53.2 Å². The molecular formula is C14H14FNO3. The van der Waals surface area contributed by atoms with Gasteiger partial charge in [-0.25, -0.2) is 9.18 Å². The van der Waals surface area contributed by atoms with Gasteiger partial charge in [-0.05, 0) is 44.2 Å². The fourth-order valence-corrected chi connectivity index (χ4v) is 1.79. The number of halogens is 1. The first-order valence-corrected chi connectivity index (χ1v) is 5.83. The van der Waals surface area contributed by atoms with Crippen LogP contribution in [0.2, 0.25) is 0 Å². The molecule has 1 aromatic heterocycles. The Morgan fingerprint density at radius 1 is 1.37 bits per heavy atom. The molecule has 1 atom stereocenters. The van der Waals surface area contributed by atoms with Crippen molar-refractivity contribution in [2.75, 3.05) is 5.32 Å². The summed E-state index contributed by atoms with van der Waals surface area (Å²) in [5, 5.41) is 11.8. The molecule has 0 aliphatic heterocycles.